The van der Waals surface area contributed by atoms with Gasteiger partial charge in [-0.25, -0.2) is 4.79 Å². The lowest BCUT2D eigenvalue weighted by molar-refractivity contribution is -0.165. The molecular weight excluding hydrogens is 315 g/mol. The molecule has 1 aliphatic carbocycles. The molecule has 3 amide bonds. The Labute approximate surface area is 132 Å². The number of methoxy groups -OCH3 is 1. The van der Waals surface area contributed by atoms with Crippen molar-refractivity contribution in [1.82, 2.24) is 15.5 Å². The van der Waals surface area contributed by atoms with Gasteiger partial charge in [0, 0.05) is 20.2 Å². The molecule has 0 aromatic carbocycles. The lowest BCUT2D eigenvalue weighted by Gasteiger charge is -2.40. The standard InChI is InChI=1S/C14H22F3N3O3/c1-23-8-11(21)18-10-6-20(7-10)13(22)19-12(14(15,16)17)9-4-2-3-5-9/h9-10,12H,2-8H2,1H3,(H,18,21)(H,19,22)/t12-/m1/s1. The van der Waals surface area contributed by atoms with E-state index in [0.717, 1.165) is 12.8 Å². The molecule has 1 saturated heterocycles. The van der Waals surface area contributed by atoms with Gasteiger partial charge in [0.15, 0.2) is 0 Å². The molecule has 0 spiro atoms. The minimum atomic E-state index is -4.44. The smallest absolute Gasteiger partial charge is 0.375 e. The summed E-state index contributed by atoms with van der Waals surface area (Å²) in [6.07, 6.45) is -1.93. The van der Waals surface area contributed by atoms with E-state index in [-0.39, 0.29) is 31.6 Å². The molecule has 1 aliphatic heterocycles. The first-order valence-corrected chi connectivity index (χ1v) is 7.71. The maximum absolute atomic E-state index is 13.1. The van der Waals surface area contributed by atoms with Crippen LogP contribution < -0.4 is 10.6 Å². The molecule has 2 aliphatic rings. The Morgan fingerprint density at radius 2 is 1.87 bits per heavy atom. The normalized spacial score (nSPS) is 21.0. The van der Waals surface area contributed by atoms with Crippen molar-refractivity contribution in [3.05, 3.63) is 0 Å². The van der Waals surface area contributed by atoms with Crippen LogP contribution in [0.2, 0.25) is 0 Å². The first-order valence-electron chi connectivity index (χ1n) is 7.71. The summed E-state index contributed by atoms with van der Waals surface area (Å²) in [5.41, 5.74) is 0. The Kier molecular flexibility index (Phi) is 5.72. The van der Waals surface area contributed by atoms with Gasteiger partial charge in [0.25, 0.3) is 0 Å². The summed E-state index contributed by atoms with van der Waals surface area (Å²) in [6, 6.07) is -2.75. The molecule has 0 radical (unpaired) electrons. The van der Waals surface area contributed by atoms with Crippen molar-refractivity contribution in [1.29, 1.82) is 0 Å². The zero-order valence-electron chi connectivity index (χ0n) is 13.0. The maximum Gasteiger partial charge on any atom is 0.408 e. The predicted octanol–water partition coefficient (Wildman–Crippen LogP) is 1.26. The monoisotopic (exact) mass is 337 g/mol. The molecule has 2 rings (SSSR count). The van der Waals surface area contributed by atoms with E-state index in [1.54, 1.807) is 0 Å². The molecule has 6 nitrogen and oxygen atoms in total. The third-order valence-corrected chi connectivity index (χ3v) is 4.31. The number of hydrogen-bond acceptors (Lipinski definition) is 3. The van der Waals surface area contributed by atoms with E-state index in [9.17, 15) is 22.8 Å². The molecule has 132 valence electrons. The van der Waals surface area contributed by atoms with Crippen molar-refractivity contribution in [2.24, 2.45) is 5.92 Å². The highest BCUT2D eigenvalue weighted by Crippen LogP contribution is 2.35. The lowest BCUT2D eigenvalue weighted by atomic mass is 9.97. The van der Waals surface area contributed by atoms with Crippen LogP contribution in [-0.2, 0) is 9.53 Å². The highest BCUT2D eigenvalue weighted by Gasteiger charge is 2.47. The van der Waals surface area contributed by atoms with Gasteiger partial charge in [0.2, 0.25) is 5.91 Å². The van der Waals surface area contributed by atoms with Crippen molar-refractivity contribution in [2.45, 2.75) is 43.9 Å². The van der Waals surface area contributed by atoms with Crippen LogP contribution in [0.1, 0.15) is 25.7 Å². The van der Waals surface area contributed by atoms with E-state index in [2.05, 4.69) is 15.4 Å². The van der Waals surface area contributed by atoms with E-state index in [4.69, 9.17) is 0 Å². The third kappa shape index (κ3) is 4.73. The summed E-state index contributed by atoms with van der Waals surface area (Å²) in [4.78, 5) is 24.5. The van der Waals surface area contributed by atoms with Crippen molar-refractivity contribution < 1.29 is 27.5 Å². The van der Waals surface area contributed by atoms with Crippen molar-refractivity contribution in [3.8, 4) is 0 Å². The van der Waals surface area contributed by atoms with Gasteiger partial charge in [-0.1, -0.05) is 12.8 Å². The number of rotatable bonds is 5. The van der Waals surface area contributed by atoms with Crippen molar-refractivity contribution in [2.75, 3.05) is 26.8 Å². The fourth-order valence-electron chi connectivity index (χ4n) is 3.12. The molecule has 0 bridgehead atoms. The van der Waals surface area contributed by atoms with Crippen LogP contribution in [0.3, 0.4) is 0 Å². The summed E-state index contributed by atoms with van der Waals surface area (Å²) in [7, 11) is 1.39. The number of amides is 3. The zero-order valence-corrected chi connectivity index (χ0v) is 13.0. The molecule has 23 heavy (non-hydrogen) atoms. The number of hydrogen-bond donors (Lipinski definition) is 2. The van der Waals surface area contributed by atoms with E-state index >= 15 is 0 Å². The largest absolute Gasteiger partial charge is 0.408 e. The highest BCUT2D eigenvalue weighted by atomic mass is 19.4. The number of nitrogens with zero attached hydrogens (tertiary/aromatic N) is 1. The van der Waals surface area contributed by atoms with Gasteiger partial charge < -0.3 is 20.3 Å². The third-order valence-electron chi connectivity index (χ3n) is 4.31. The number of likely N-dealkylation sites (tertiary alicyclic amines) is 1. The average Bonchev–Trinajstić information content (AvgIpc) is 2.92. The molecule has 1 heterocycles. The van der Waals surface area contributed by atoms with Gasteiger partial charge in [-0.3, -0.25) is 4.79 Å². The number of alkyl halides is 3. The minimum absolute atomic E-state index is 0.0828. The second-order valence-electron chi connectivity index (χ2n) is 6.12. The van der Waals surface area contributed by atoms with E-state index in [0.29, 0.717) is 12.8 Å². The number of ether oxygens (including phenoxy) is 1. The maximum atomic E-state index is 13.1. The number of carbonyl (C=O) groups excluding carboxylic acids is 2. The van der Waals surface area contributed by atoms with Crippen molar-refractivity contribution >= 4 is 11.9 Å². The first kappa shape index (κ1) is 17.8. The molecule has 0 unspecified atom stereocenters. The number of halogens is 3. The van der Waals surface area contributed by atoms with Gasteiger partial charge in [-0.2, -0.15) is 13.2 Å². The lowest BCUT2D eigenvalue weighted by Crippen LogP contribution is -2.65. The summed E-state index contributed by atoms with van der Waals surface area (Å²) in [5, 5.41) is 4.76. The molecular formula is C14H22F3N3O3. The number of carbonyl (C=O) groups is 2. The zero-order chi connectivity index (χ0) is 17.0. The van der Waals surface area contributed by atoms with Gasteiger partial charge in [-0.15, -0.1) is 0 Å². The Bertz CT molecular complexity index is 433. The topological polar surface area (TPSA) is 70.7 Å². The van der Waals surface area contributed by atoms with Crippen LogP contribution >= 0.6 is 0 Å². The number of urea groups is 1. The van der Waals surface area contributed by atoms with Gasteiger partial charge in [0.05, 0.1) is 6.04 Å². The second-order valence-corrected chi connectivity index (χ2v) is 6.12. The highest BCUT2D eigenvalue weighted by molar-refractivity contribution is 5.79. The van der Waals surface area contributed by atoms with E-state index in [1.807, 2.05) is 0 Å². The molecule has 0 aromatic rings. The van der Waals surface area contributed by atoms with Crippen LogP contribution in [0.5, 0.6) is 0 Å². The van der Waals surface area contributed by atoms with Crippen LogP contribution in [0.25, 0.3) is 0 Å². The van der Waals surface area contributed by atoms with Crippen LogP contribution in [0.4, 0.5) is 18.0 Å². The molecule has 1 saturated carbocycles. The Morgan fingerprint density at radius 1 is 1.26 bits per heavy atom. The quantitative estimate of drug-likeness (QED) is 0.794. The van der Waals surface area contributed by atoms with Gasteiger partial charge >= 0.3 is 12.2 Å². The van der Waals surface area contributed by atoms with Gasteiger partial charge in [-0.05, 0) is 18.8 Å². The van der Waals surface area contributed by atoms with Crippen LogP contribution in [0.15, 0.2) is 0 Å². The predicted molar refractivity (Wildman–Crippen MR) is 75.7 cm³/mol. The number of nitrogens with one attached hydrogen (secondary N) is 2. The Hall–Kier alpha value is -1.51. The fourth-order valence-corrected chi connectivity index (χ4v) is 3.12. The molecule has 1 atom stereocenters. The molecule has 2 fully saturated rings. The molecule has 2 N–H and O–H groups in total. The second kappa shape index (κ2) is 7.37. The van der Waals surface area contributed by atoms with Crippen molar-refractivity contribution in [3.63, 3.8) is 0 Å². The summed E-state index contributed by atoms with van der Waals surface area (Å²) in [5.74, 6) is -0.853. The van der Waals surface area contributed by atoms with E-state index in [1.165, 1.54) is 12.0 Å². The fraction of sp³-hybridized carbons (Fsp3) is 0.857. The Morgan fingerprint density at radius 3 is 2.39 bits per heavy atom. The summed E-state index contributed by atoms with van der Waals surface area (Å²) >= 11 is 0. The van der Waals surface area contributed by atoms with Crippen LogP contribution in [0, 0.1) is 5.92 Å². The molecule has 9 heteroatoms. The minimum Gasteiger partial charge on any atom is -0.375 e. The Balaban J connectivity index is 1.80. The van der Waals surface area contributed by atoms with E-state index < -0.39 is 24.2 Å². The summed E-state index contributed by atoms with van der Waals surface area (Å²) < 4.78 is 44.1. The van der Waals surface area contributed by atoms with Crippen LogP contribution in [-0.4, -0.2) is 61.9 Å². The SMILES string of the molecule is COCC(=O)NC1CN(C(=O)N[C@H](C2CCCC2)C(F)(F)F)C1. The average molecular weight is 337 g/mol. The molecule has 0 aromatic heterocycles. The first-order chi connectivity index (χ1) is 10.8. The van der Waals surface area contributed by atoms with Gasteiger partial charge in [0.1, 0.15) is 12.6 Å². The summed E-state index contributed by atoms with van der Waals surface area (Å²) in [6.45, 7) is 0.327.